The first-order valence-corrected chi connectivity index (χ1v) is 6.23. The highest BCUT2D eigenvalue weighted by atomic mass is 16.1. The van der Waals surface area contributed by atoms with Crippen molar-refractivity contribution in [3.63, 3.8) is 0 Å². The van der Waals surface area contributed by atoms with Gasteiger partial charge in [-0.25, -0.2) is 0 Å². The molecule has 1 fully saturated rings. The van der Waals surface area contributed by atoms with Crippen molar-refractivity contribution in [1.82, 2.24) is 10.2 Å². The van der Waals surface area contributed by atoms with Crippen LogP contribution in [0.4, 0.5) is 0 Å². The van der Waals surface area contributed by atoms with Crippen LogP contribution in [0.5, 0.6) is 0 Å². The van der Waals surface area contributed by atoms with Gasteiger partial charge in [0.2, 0.25) is 5.91 Å². The molecule has 4 nitrogen and oxygen atoms in total. The van der Waals surface area contributed by atoms with Gasteiger partial charge in [0.15, 0.2) is 0 Å². The van der Waals surface area contributed by atoms with Crippen LogP contribution in [-0.2, 0) is 4.79 Å². The number of nitrogens with two attached hydrogens (primary N) is 1. The zero-order valence-corrected chi connectivity index (χ0v) is 10.8. The lowest BCUT2D eigenvalue weighted by Gasteiger charge is -2.29. The van der Waals surface area contributed by atoms with Gasteiger partial charge in [-0.15, -0.1) is 0 Å². The number of hydrogen-bond acceptors (Lipinski definition) is 3. The molecule has 0 heterocycles. The zero-order chi connectivity index (χ0) is 12.2. The van der Waals surface area contributed by atoms with E-state index in [4.69, 9.17) is 5.73 Å². The highest BCUT2D eigenvalue weighted by Gasteiger charge is 2.30. The monoisotopic (exact) mass is 227 g/mol. The molecular formula is C12H25N3O. The molecule has 0 aliphatic heterocycles. The first-order chi connectivity index (χ1) is 7.51. The molecule has 0 radical (unpaired) electrons. The van der Waals surface area contributed by atoms with E-state index in [0.29, 0.717) is 0 Å². The van der Waals surface area contributed by atoms with E-state index in [1.807, 2.05) is 6.92 Å². The van der Waals surface area contributed by atoms with Crippen LogP contribution in [-0.4, -0.2) is 43.0 Å². The van der Waals surface area contributed by atoms with Crippen LogP contribution in [0.2, 0.25) is 0 Å². The molecule has 1 amide bonds. The van der Waals surface area contributed by atoms with E-state index in [1.54, 1.807) is 7.05 Å². The summed E-state index contributed by atoms with van der Waals surface area (Å²) in [5, 5.41) is 3.03. The molecule has 1 rings (SSSR count). The molecule has 16 heavy (non-hydrogen) atoms. The fraction of sp³-hybridized carbons (Fsp3) is 0.917. The Morgan fingerprint density at radius 1 is 1.56 bits per heavy atom. The molecule has 4 heteroatoms. The van der Waals surface area contributed by atoms with Crippen molar-refractivity contribution >= 4 is 5.91 Å². The summed E-state index contributed by atoms with van der Waals surface area (Å²) in [6.45, 7) is 7.21. The summed E-state index contributed by atoms with van der Waals surface area (Å²) in [6, 6.07) is 0. The summed E-state index contributed by atoms with van der Waals surface area (Å²) >= 11 is 0. The standard InChI is InChI=1S/C12H25N3O/c1-4-15(9-10-5-6-10)8-7-12(2,14-3)11(13)16/h10,14H,4-9H2,1-3H3,(H2,13,16). The number of nitrogens with zero attached hydrogens (tertiary/aromatic N) is 1. The second-order valence-electron chi connectivity index (χ2n) is 5.03. The van der Waals surface area contributed by atoms with Crippen molar-refractivity contribution in [3.8, 4) is 0 Å². The Balaban J connectivity index is 2.36. The van der Waals surface area contributed by atoms with Crippen molar-refractivity contribution in [2.45, 2.75) is 38.6 Å². The van der Waals surface area contributed by atoms with Gasteiger partial charge in [0.1, 0.15) is 0 Å². The maximum Gasteiger partial charge on any atom is 0.237 e. The van der Waals surface area contributed by atoms with Gasteiger partial charge in [-0.3, -0.25) is 4.79 Å². The number of rotatable bonds is 8. The predicted octanol–water partition coefficient (Wildman–Crippen LogP) is 0.572. The lowest BCUT2D eigenvalue weighted by atomic mass is 9.97. The van der Waals surface area contributed by atoms with Gasteiger partial charge in [0.25, 0.3) is 0 Å². The summed E-state index contributed by atoms with van der Waals surface area (Å²) in [7, 11) is 1.79. The number of hydrogen-bond donors (Lipinski definition) is 2. The fourth-order valence-corrected chi connectivity index (χ4v) is 1.80. The first kappa shape index (κ1) is 13.5. The molecule has 94 valence electrons. The van der Waals surface area contributed by atoms with Crippen LogP contribution in [0.15, 0.2) is 0 Å². The average Bonchev–Trinajstić information content (AvgIpc) is 3.07. The smallest absolute Gasteiger partial charge is 0.237 e. The van der Waals surface area contributed by atoms with E-state index in [2.05, 4.69) is 17.1 Å². The molecular weight excluding hydrogens is 202 g/mol. The zero-order valence-electron chi connectivity index (χ0n) is 10.8. The predicted molar refractivity (Wildman–Crippen MR) is 66.1 cm³/mol. The third-order valence-corrected chi connectivity index (χ3v) is 3.68. The van der Waals surface area contributed by atoms with E-state index in [-0.39, 0.29) is 5.91 Å². The normalized spacial score (nSPS) is 19.8. The Morgan fingerprint density at radius 3 is 2.56 bits per heavy atom. The molecule has 0 aromatic carbocycles. The number of nitrogens with one attached hydrogen (secondary N) is 1. The fourth-order valence-electron chi connectivity index (χ4n) is 1.80. The third-order valence-electron chi connectivity index (χ3n) is 3.68. The topological polar surface area (TPSA) is 58.4 Å². The van der Waals surface area contributed by atoms with Gasteiger partial charge in [-0.2, -0.15) is 0 Å². The Morgan fingerprint density at radius 2 is 2.19 bits per heavy atom. The molecule has 1 aliphatic rings. The van der Waals surface area contributed by atoms with Crippen LogP contribution < -0.4 is 11.1 Å². The van der Waals surface area contributed by atoms with Gasteiger partial charge < -0.3 is 16.0 Å². The highest BCUT2D eigenvalue weighted by Crippen LogP contribution is 2.29. The summed E-state index contributed by atoms with van der Waals surface area (Å²) in [6.07, 6.45) is 3.52. The van der Waals surface area contributed by atoms with E-state index < -0.39 is 5.54 Å². The molecule has 0 saturated heterocycles. The van der Waals surface area contributed by atoms with Crippen LogP contribution in [0.25, 0.3) is 0 Å². The lowest BCUT2D eigenvalue weighted by molar-refractivity contribution is -0.124. The molecule has 1 aliphatic carbocycles. The number of carbonyl (C=O) groups excluding carboxylic acids is 1. The Bertz CT molecular complexity index is 240. The Labute approximate surface area is 98.6 Å². The Hall–Kier alpha value is -0.610. The lowest BCUT2D eigenvalue weighted by Crippen LogP contribution is -2.53. The second-order valence-corrected chi connectivity index (χ2v) is 5.03. The third kappa shape index (κ3) is 3.76. The maximum absolute atomic E-state index is 11.3. The van der Waals surface area contributed by atoms with E-state index in [9.17, 15) is 4.79 Å². The SMILES string of the molecule is CCN(CCC(C)(NC)C(N)=O)CC1CC1. The molecule has 0 spiro atoms. The van der Waals surface area contributed by atoms with Gasteiger partial charge in [-0.05, 0) is 45.7 Å². The van der Waals surface area contributed by atoms with Crippen molar-refractivity contribution in [3.05, 3.63) is 0 Å². The molecule has 0 bridgehead atoms. The number of primary amides is 1. The van der Waals surface area contributed by atoms with Crippen LogP contribution >= 0.6 is 0 Å². The number of likely N-dealkylation sites (N-methyl/N-ethyl adjacent to an activating group) is 1. The summed E-state index contributed by atoms with van der Waals surface area (Å²) in [5.74, 6) is 0.631. The van der Waals surface area contributed by atoms with Gasteiger partial charge in [-0.1, -0.05) is 6.92 Å². The summed E-state index contributed by atoms with van der Waals surface area (Å²) in [5.41, 5.74) is 4.83. The molecule has 3 N–H and O–H groups in total. The average molecular weight is 227 g/mol. The van der Waals surface area contributed by atoms with Crippen LogP contribution in [0, 0.1) is 5.92 Å². The van der Waals surface area contributed by atoms with E-state index in [1.165, 1.54) is 19.4 Å². The van der Waals surface area contributed by atoms with Crippen LogP contribution in [0.1, 0.15) is 33.1 Å². The van der Waals surface area contributed by atoms with Crippen molar-refractivity contribution in [1.29, 1.82) is 0 Å². The maximum atomic E-state index is 11.3. The van der Waals surface area contributed by atoms with Crippen molar-refractivity contribution < 1.29 is 4.79 Å². The molecule has 1 unspecified atom stereocenters. The second kappa shape index (κ2) is 5.64. The number of amides is 1. The van der Waals surface area contributed by atoms with Gasteiger partial charge in [0.05, 0.1) is 5.54 Å². The summed E-state index contributed by atoms with van der Waals surface area (Å²) < 4.78 is 0. The minimum Gasteiger partial charge on any atom is -0.368 e. The summed E-state index contributed by atoms with van der Waals surface area (Å²) in [4.78, 5) is 13.7. The number of carbonyl (C=O) groups is 1. The van der Waals surface area contributed by atoms with Crippen LogP contribution in [0.3, 0.4) is 0 Å². The largest absolute Gasteiger partial charge is 0.368 e. The molecule has 0 aromatic rings. The first-order valence-electron chi connectivity index (χ1n) is 6.23. The molecule has 0 aromatic heterocycles. The molecule has 1 saturated carbocycles. The quantitative estimate of drug-likeness (QED) is 0.637. The van der Waals surface area contributed by atoms with Crippen molar-refractivity contribution in [2.24, 2.45) is 11.7 Å². The molecule has 1 atom stereocenters. The van der Waals surface area contributed by atoms with Crippen molar-refractivity contribution in [2.75, 3.05) is 26.7 Å². The minimum atomic E-state index is -0.572. The van der Waals surface area contributed by atoms with E-state index >= 15 is 0 Å². The van der Waals surface area contributed by atoms with E-state index in [0.717, 1.165) is 25.4 Å². The van der Waals surface area contributed by atoms with Gasteiger partial charge >= 0.3 is 0 Å². The van der Waals surface area contributed by atoms with Gasteiger partial charge in [0, 0.05) is 13.1 Å². The minimum absolute atomic E-state index is 0.266. The Kier molecular flexibility index (Phi) is 4.74. The highest BCUT2D eigenvalue weighted by molar-refractivity contribution is 5.84.